The Hall–Kier alpha value is -2.45. The van der Waals surface area contributed by atoms with Gasteiger partial charge in [-0.1, -0.05) is 31.2 Å². The molecule has 0 saturated carbocycles. The van der Waals surface area contributed by atoms with Gasteiger partial charge in [0.25, 0.3) is 5.89 Å². The van der Waals surface area contributed by atoms with Crippen molar-refractivity contribution < 1.29 is 12.8 Å². The molecule has 0 spiro atoms. The SMILES string of the molecule is CCc1ccc([C@@H](C)NS(=O)(=O)c2c(C)[nH]c(C)c2-c2nnc(C)o2)cc1. The number of nitrogens with zero attached hydrogens (tertiary/aromatic N) is 2. The minimum Gasteiger partial charge on any atom is -0.421 e. The summed E-state index contributed by atoms with van der Waals surface area (Å²) in [5.74, 6) is 0.568. The molecule has 0 fully saturated rings. The van der Waals surface area contributed by atoms with Gasteiger partial charge in [0.1, 0.15) is 4.90 Å². The van der Waals surface area contributed by atoms with E-state index in [2.05, 4.69) is 26.8 Å². The molecule has 7 nitrogen and oxygen atoms in total. The molecule has 2 aromatic heterocycles. The van der Waals surface area contributed by atoms with Crippen molar-refractivity contribution in [2.75, 3.05) is 0 Å². The summed E-state index contributed by atoms with van der Waals surface area (Å²) in [5, 5.41) is 7.81. The topological polar surface area (TPSA) is 101 Å². The highest BCUT2D eigenvalue weighted by Gasteiger charge is 2.30. The third kappa shape index (κ3) is 3.81. The first-order chi connectivity index (χ1) is 12.7. The van der Waals surface area contributed by atoms with E-state index >= 15 is 0 Å². The number of sulfonamides is 1. The van der Waals surface area contributed by atoms with Crippen LogP contribution in [-0.4, -0.2) is 23.6 Å². The summed E-state index contributed by atoms with van der Waals surface area (Å²) in [6.07, 6.45) is 0.940. The highest BCUT2D eigenvalue weighted by Crippen LogP contribution is 2.33. The van der Waals surface area contributed by atoms with Gasteiger partial charge in [0, 0.05) is 24.4 Å². The highest BCUT2D eigenvalue weighted by molar-refractivity contribution is 7.89. The van der Waals surface area contributed by atoms with Crippen LogP contribution in [0.4, 0.5) is 0 Å². The predicted molar refractivity (Wildman–Crippen MR) is 103 cm³/mol. The Labute approximate surface area is 159 Å². The van der Waals surface area contributed by atoms with Gasteiger partial charge in [0.15, 0.2) is 0 Å². The number of benzene rings is 1. The zero-order valence-corrected chi connectivity index (χ0v) is 16.9. The van der Waals surface area contributed by atoms with E-state index in [4.69, 9.17) is 4.42 Å². The normalized spacial score (nSPS) is 13.1. The lowest BCUT2D eigenvalue weighted by atomic mass is 10.1. The van der Waals surface area contributed by atoms with E-state index in [0.717, 1.165) is 12.0 Å². The van der Waals surface area contributed by atoms with Crippen molar-refractivity contribution in [3.05, 3.63) is 52.7 Å². The molecular weight excluding hydrogens is 364 g/mol. The number of aryl methyl sites for hydroxylation is 4. The first kappa shape index (κ1) is 19.3. The number of hydrogen-bond acceptors (Lipinski definition) is 5. The fourth-order valence-corrected chi connectivity index (χ4v) is 4.83. The summed E-state index contributed by atoms with van der Waals surface area (Å²) < 4.78 is 34.5. The standard InChI is InChI=1S/C19H24N4O3S/c1-6-15-7-9-16(10-8-15)11(2)23-27(24,25)18-13(4)20-12(3)17(18)19-22-21-14(5)26-19/h7-11,20,23H,6H2,1-5H3/t11-/m1/s1. The summed E-state index contributed by atoms with van der Waals surface area (Å²) in [5.41, 5.74) is 3.71. The Morgan fingerprint density at radius 2 is 1.78 bits per heavy atom. The molecule has 0 unspecified atom stereocenters. The molecule has 8 heteroatoms. The van der Waals surface area contributed by atoms with Crippen molar-refractivity contribution in [2.24, 2.45) is 0 Å². The fourth-order valence-electron chi connectivity index (χ4n) is 3.15. The van der Waals surface area contributed by atoms with Crippen LogP contribution in [0.2, 0.25) is 0 Å². The number of rotatable bonds is 6. The number of hydrogen-bond donors (Lipinski definition) is 2. The summed E-state index contributed by atoms with van der Waals surface area (Å²) in [4.78, 5) is 3.21. The molecule has 0 aliphatic carbocycles. The zero-order valence-electron chi connectivity index (χ0n) is 16.1. The Morgan fingerprint density at radius 1 is 1.11 bits per heavy atom. The Morgan fingerprint density at radius 3 is 2.33 bits per heavy atom. The summed E-state index contributed by atoms with van der Waals surface area (Å²) >= 11 is 0. The van der Waals surface area contributed by atoms with E-state index in [1.54, 1.807) is 20.8 Å². The van der Waals surface area contributed by atoms with Gasteiger partial charge in [-0.3, -0.25) is 0 Å². The van der Waals surface area contributed by atoms with Crippen molar-refractivity contribution in [3.8, 4) is 11.5 Å². The molecule has 0 bridgehead atoms. The van der Waals surface area contributed by atoms with Crippen LogP contribution in [0.5, 0.6) is 0 Å². The van der Waals surface area contributed by atoms with Gasteiger partial charge in [-0.15, -0.1) is 10.2 Å². The van der Waals surface area contributed by atoms with Crippen LogP contribution in [0.1, 0.15) is 48.3 Å². The van der Waals surface area contributed by atoms with Crippen LogP contribution >= 0.6 is 0 Å². The zero-order chi connectivity index (χ0) is 19.8. The monoisotopic (exact) mass is 388 g/mol. The molecule has 0 aliphatic rings. The van der Waals surface area contributed by atoms with Crippen LogP contribution in [0, 0.1) is 20.8 Å². The highest BCUT2D eigenvalue weighted by atomic mass is 32.2. The minimum atomic E-state index is -3.81. The quantitative estimate of drug-likeness (QED) is 0.672. The van der Waals surface area contributed by atoms with Crippen LogP contribution in [0.25, 0.3) is 11.5 Å². The Bertz CT molecular complexity index is 1050. The molecule has 0 aliphatic heterocycles. The molecule has 0 radical (unpaired) electrons. The molecule has 0 amide bonds. The molecule has 2 heterocycles. The number of aromatic amines is 1. The van der Waals surface area contributed by atoms with Crippen LogP contribution in [-0.2, 0) is 16.4 Å². The van der Waals surface area contributed by atoms with Crippen molar-refractivity contribution in [2.45, 2.75) is 52.0 Å². The lowest BCUT2D eigenvalue weighted by Gasteiger charge is -2.16. The second-order valence-electron chi connectivity index (χ2n) is 6.64. The van der Waals surface area contributed by atoms with Crippen LogP contribution in [0.15, 0.2) is 33.6 Å². The fraction of sp³-hybridized carbons (Fsp3) is 0.368. The van der Waals surface area contributed by atoms with Crippen LogP contribution in [0.3, 0.4) is 0 Å². The summed E-state index contributed by atoms with van der Waals surface area (Å²) in [6, 6.07) is 7.54. The Kier molecular flexibility index (Phi) is 5.21. The largest absolute Gasteiger partial charge is 0.421 e. The number of aromatic nitrogens is 3. The second-order valence-corrected chi connectivity index (χ2v) is 8.29. The van der Waals surface area contributed by atoms with E-state index in [0.29, 0.717) is 22.8 Å². The van der Waals surface area contributed by atoms with E-state index in [1.165, 1.54) is 5.56 Å². The molecular formula is C19H24N4O3S. The van der Waals surface area contributed by atoms with Gasteiger partial charge >= 0.3 is 0 Å². The molecule has 0 saturated heterocycles. The van der Waals surface area contributed by atoms with Gasteiger partial charge < -0.3 is 9.40 Å². The molecule has 27 heavy (non-hydrogen) atoms. The number of H-pyrrole nitrogens is 1. The maximum Gasteiger partial charge on any atom is 0.250 e. The first-order valence-electron chi connectivity index (χ1n) is 8.83. The molecule has 1 atom stereocenters. The second kappa shape index (κ2) is 7.28. The summed E-state index contributed by atoms with van der Waals surface area (Å²) in [6.45, 7) is 9.07. The van der Waals surface area contributed by atoms with E-state index in [1.807, 2.05) is 31.2 Å². The third-order valence-corrected chi connectivity index (χ3v) is 6.26. The van der Waals surface area contributed by atoms with Crippen molar-refractivity contribution >= 4 is 10.0 Å². The number of nitrogens with one attached hydrogen (secondary N) is 2. The minimum absolute atomic E-state index is 0.140. The van der Waals surface area contributed by atoms with E-state index < -0.39 is 10.0 Å². The predicted octanol–water partition coefficient (Wildman–Crippen LogP) is 3.59. The van der Waals surface area contributed by atoms with Gasteiger partial charge in [-0.25, -0.2) is 13.1 Å². The van der Waals surface area contributed by atoms with Crippen LogP contribution < -0.4 is 4.72 Å². The van der Waals surface area contributed by atoms with Crippen molar-refractivity contribution in [1.29, 1.82) is 0 Å². The maximum atomic E-state index is 13.2. The van der Waals surface area contributed by atoms with Gasteiger partial charge in [-0.2, -0.15) is 0 Å². The third-order valence-electron chi connectivity index (χ3n) is 4.55. The first-order valence-corrected chi connectivity index (χ1v) is 10.3. The average Bonchev–Trinajstić information content (AvgIpc) is 3.17. The molecule has 3 rings (SSSR count). The molecule has 144 valence electrons. The lowest BCUT2D eigenvalue weighted by Crippen LogP contribution is -2.27. The molecule has 2 N–H and O–H groups in total. The lowest BCUT2D eigenvalue weighted by molar-refractivity contribution is 0.530. The Balaban J connectivity index is 1.97. The van der Waals surface area contributed by atoms with Gasteiger partial charge in [0.2, 0.25) is 15.9 Å². The smallest absolute Gasteiger partial charge is 0.250 e. The van der Waals surface area contributed by atoms with E-state index in [-0.39, 0.29) is 16.8 Å². The summed E-state index contributed by atoms with van der Waals surface area (Å²) in [7, 11) is -3.81. The van der Waals surface area contributed by atoms with Gasteiger partial charge in [0.05, 0.1) is 5.56 Å². The van der Waals surface area contributed by atoms with Gasteiger partial charge in [-0.05, 0) is 38.3 Å². The maximum absolute atomic E-state index is 13.2. The van der Waals surface area contributed by atoms with Crippen molar-refractivity contribution in [1.82, 2.24) is 19.9 Å². The van der Waals surface area contributed by atoms with E-state index in [9.17, 15) is 8.42 Å². The molecule has 3 aromatic rings. The molecule has 1 aromatic carbocycles. The average molecular weight is 388 g/mol. The van der Waals surface area contributed by atoms with Crippen molar-refractivity contribution in [3.63, 3.8) is 0 Å².